The summed E-state index contributed by atoms with van der Waals surface area (Å²) in [5.41, 5.74) is 1.02. The van der Waals surface area contributed by atoms with E-state index in [0.717, 1.165) is 5.56 Å². The average molecular weight is 237 g/mol. The van der Waals surface area contributed by atoms with Crippen molar-refractivity contribution >= 4 is 10.0 Å². The largest absolute Gasteiger partial charge is 0.240 e. The van der Waals surface area contributed by atoms with Crippen molar-refractivity contribution in [1.29, 1.82) is 0 Å². The highest BCUT2D eigenvalue weighted by Gasteiger charge is 2.16. The van der Waals surface area contributed by atoms with Gasteiger partial charge in [-0.2, -0.15) is 0 Å². The third-order valence-corrected chi connectivity index (χ3v) is 3.72. The van der Waals surface area contributed by atoms with Crippen molar-refractivity contribution in [2.45, 2.75) is 31.2 Å². The second-order valence-corrected chi connectivity index (χ2v) is 5.46. The van der Waals surface area contributed by atoms with Crippen LogP contribution in [0.2, 0.25) is 0 Å². The van der Waals surface area contributed by atoms with Gasteiger partial charge in [-0.15, -0.1) is 12.3 Å². The molecule has 1 aromatic rings. The first kappa shape index (κ1) is 12.8. The third kappa shape index (κ3) is 3.37. The molecule has 0 heterocycles. The van der Waals surface area contributed by atoms with E-state index in [1.165, 1.54) is 0 Å². The van der Waals surface area contributed by atoms with E-state index in [2.05, 4.69) is 10.6 Å². The minimum Gasteiger partial charge on any atom is -0.207 e. The molecule has 0 aromatic heterocycles. The van der Waals surface area contributed by atoms with Crippen molar-refractivity contribution < 1.29 is 8.42 Å². The topological polar surface area (TPSA) is 46.2 Å². The fourth-order valence-corrected chi connectivity index (χ4v) is 2.51. The lowest BCUT2D eigenvalue weighted by molar-refractivity contribution is 0.563. The van der Waals surface area contributed by atoms with Crippen molar-refractivity contribution in [2.24, 2.45) is 0 Å². The van der Waals surface area contributed by atoms with Gasteiger partial charge in [-0.05, 0) is 26.0 Å². The van der Waals surface area contributed by atoms with Crippen molar-refractivity contribution in [3.63, 3.8) is 0 Å². The van der Waals surface area contributed by atoms with Gasteiger partial charge in [0.2, 0.25) is 10.0 Å². The first-order chi connectivity index (χ1) is 7.45. The van der Waals surface area contributed by atoms with Gasteiger partial charge >= 0.3 is 0 Å². The van der Waals surface area contributed by atoms with E-state index < -0.39 is 10.0 Å². The smallest absolute Gasteiger partial charge is 0.207 e. The van der Waals surface area contributed by atoms with Gasteiger partial charge < -0.3 is 0 Å². The molecular formula is C12H15NO2S. The minimum absolute atomic E-state index is 0.253. The Hall–Kier alpha value is -1.31. The van der Waals surface area contributed by atoms with Crippen LogP contribution in [0.15, 0.2) is 29.2 Å². The number of hydrogen-bond acceptors (Lipinski definition) is 2. The zero-order valence-electron chi connectivity index (χ0n) is 9.40. The number of sulfonamides is 1. The Morgan fingerprint density at radius 2 is 1.94 bits per heavy atom. The maximum atomic E-state index is 11.8. The lowest BCUT2D eigenvalue weighted by Gasteiger charge is -2.11. The highest BCUT2D eigenvalue weighted by atomic mass is 32.2. The predicted molar refractivity (Wildman–Crippen MR) is 64.4 cm³/mol. The highest BCUT2D eigenvalue weighted by molar-refractivity contribution is 7.89. The van der Waals surface area contributed by atoms with Gasteiger partial charge in [-0.25, -0.2) is 13.1 Å². The molecular weight excluding hydrogens is 222 g/mol. The predicted octanol–water partition coefficient (Wildman–Crippen LogP) is 1.69. The number of aryl methyl sites for hydroxylation is 1. The van der Waals surface area contributed by atoms with E-state index >= 15 is 0 Å². The molecule has 1 aromatic carbocycles. The number of nitrogens with one attached hydrogen (secondary N) is 1. The molecule has 1 atom stereocenters. The van der Waals surface area contributed by atoms with Crippen LogP contribution in [-0.4, -0.2) is 14.5 Å². The van der Waals surface area contributed by atoms with E-state index in [-0.39, 0.29) is 10.9 Å². The molecule has 4 heteroatoms. The summed E-state index contributed by atoms with van der Waals surface area (Å²) in [6.07, 6.45) is 5.50. The van der Waals surface area contributed by atoms with E-state index in [9.17, 15) is 8.42 Å². The van der Waals surface area contributed by atoms with Crippen LogP contribution in [0.3, 0.4) is 0 Å². The lowest BCUT2D eigenvalue weighted by atomic mass is 10.2. The Balaban J connectivity index is 2.87. The molecule has 0 saturated carbocycles. The van der Waals surface area contributed by atoms with Gasteiger partial charge in [-0.3, -0.25) is 0 Å². The van der Waals surface area contributed by atoms with Gasteiger partial charge in [0.05, 0.1) is 4.90 Å². The number of benzene rings is 1. The van der Waals surface area contributed by atoms with Crippen LogP contribution in [0.4, 0.5) is 0 Å². The zero-order valence-corrected chi connectivity index (χ0v) is 10.2. The summed E-state index contributed by atoms with van der Waals surface area (Å²) in [4.78, 5) is 0.266. The molecule has 0 amide bonds. The Kier molecular flexibility index (Phi) is 4.11. The normalized spacial score (nSPS) is 13.1. The summed E-state index contributed by atoms with van der Waals surface area (Å²) >= 11 is 0. The van der Waals surface area contributed by atoms with Crippen LogP contribution in [-0.2, 0) is 10.0 Å². The molecule has 0 aliphatic carbocycles. The molecule has 16 heavy (non-hydrogen) atoms. The summed E-state index contributed by atoms with van der Waals surface area (Å²) in [7, 11) is -3.44. The molecule has 0 saturated heterocycles. The maximum Gasteiger partial charge on any atom is 0.240 e. The molecule has 0 aliphatic heterocycles. The Bertz CT molecular complexity index is 483. The fraction of sp³-hybridized carbons (Fsp3) is 0.333. The summed E-state index contributed by atoms with van der Waals surface area (Å²) < 4.78 is 26.2. The van der Waals surface area contributed by atoms with Crippen LogP contribution < -0.4 is 4.72 Å². The van der Waals surface area contributed by atoms with Crippen molar-refractivity contribution in [2.75, 3.05) is 0 Å². The van der Waals surface area contributed by atoms with Crippen LogP contribution in [0.25, 0.3) is 0 Å². The first-order valence-corrected chi connectivity index (χ1v) is 6.46. The summed E-state index contributed by atoms with van der Waals surface area (Å²) in [5, 5.41) is 0. The van der Waals surface area contributed by atoms with Gasteiger partial charge in [0.15, 0.2) is 0 Å². The van der Waals surface area contributed by atoms with Gasteiger partial charge in [-0.1, -0.05) is 17.7 Å². The zero-order chi connectivity index (χ0) is 12.2. The van der Waals surface area contributed by atoms with E-state index in [0.29, 0.717) is 6.42 Å². The summed E-state index contributed by atoms with van der Waals surface area (Å²) in [6.45, 7) is 3.65. The van der Waals surface area contributed by atoms with Crippen LogP contribution in [0.1, 0.15) is 18.9 Å². The Labute approximate surface area is 96.9 Å². The lowest BCUT2D eigenvalue weighted by Crippen LogP contribution is -2.32. The molecule has 0 bridgehead atoms. The van der Waals surface area contributed by atoms with Gasteiger partial charge in [0.25, 0.3) is 0 Å². The molecule has 0 aliphatic rings. The number of rotatable bonds is 4. The quantitative estimate of drug-likeness (QED) is 0.810. The SMILES string of the molecule is C#CCC(C)NS(=O)(=O)c1ccc(C)cc1. The van der Waals surface area contributed by atoms with Crippen molar-refractivity contribution in [3.05, 3.63) is 29.8 Å². The van der Waals surface area contributed by atoms with Crippen LogP contribution >= 0.6 is 0 Å². The molecule has 3 nitrogen and oxygen atoms in total. The van der Waals surface area contributed by atoms with Gasteiger partial charge in [0.1, 0.15) is 0 Å². The first-order valence-electron chi connectivity index (χ1n) is 4.98. The standard InChI is InChI=1S/C12H15NO2S/c1-4-5-11(3)13-16(14,15)12-8-6-10(2)7-9-12/h1,6-9,11,13H,5H2,2-3H3. The monoisotopic (exact) mass is 237 g/mol. The molecule has 0 radical (unpaired) electrons. The van der Waals surface area contributed by atoms with Crippen molar-refractivity contribution in [1.82, 2.24) is 4.72 Å². The average Bonchev–Trinajstić information content (AvgIpc) is 2.17. The number of hydrogen-bond donors (Lipinski definition) is 1. The summed E-state index contributed by atoms with van der Waals surface area (Å²) in [5.74, 6) is 2.42. The molecule has 0 fully saturated rings. The third-order valence-electron chi connectivity index (χ3n) is 2.11. The highest BCUT2D eigenvalue weighted by Crippen LogP contribution is 2.10. The van der Waals surface area contributed by atoms with Gasteiger partial charge in [0, 0.05) is 12.5 Å². The molecule has 1 rings (SSSR count). The number of terminal acetylenes is 1. The molecule has 0 spiro atoms. The molecule has 1 unspecified atom stereocenters. The maximum absolute atomic E-state index is 11.8. The second kappa shape index (κ2) is 5.15. The van der Waals surface area contributed by atoms with Crippen LogP contribution in [0, 0.1) is 19.3 Å². The fourth-order valence-electron chi connectivity index (χ4n) is 1.27. The molecule has 86 valence electrons. The Morgan fingerprint density at radius 3 is 2.44 bits per heavy atom. The Morgan fingerprint density at radius 1 is 1.38 bits per heavy atom. The van der Waals surface area contributed by atoms with E-state index in [4.69, 9.17) is 6.42 Å². The molecule has 1 N–H and O–H groups in total. The van der Waals surface area contributed by atoms with Crippen LogP contribution in [0.5, 0.6) is 0 Å². The van der Waals surface area contributed by atoms with E-state index in [1.807, 2.05) is 6.92 Å². The van der Waals surface area contributed by atoms with E-state index in [1.54, 1.807) is 31.2 Å². The van der Waals surface area contributed by atoms with Crippen molar-refractivity contribution in [3.8, 4) is 12.3 Å². The minimum atomic E-state index is -3.44. The second-order valence-electron chi connectivity index (χ2n) is 3.74. The summed E-state index contributed by atoms with van der Waals surface area (Å²) in [6, 6.07) is 6.44.